The first-order valence-electron chi connectivity index (χ1n) is 15.3. The molecule has 44 heavy (non-hydrogen) atoms. The molecule has 0 saturated heterocycles. The summed E-state index contributed by atoms with van der Waals surface area (Å²) in [6, 6.07) is 50.8. The quantitative estimate of drug-likeness (QED) is 0.209. The molecular weight excluding hydrogens is 532 g/mol. The van der Waals surface area contributed by atoms with E-state index in [1.54, 1.807) is 0 Å². The highest BCUT2D eigenvalue weighted by Crippen LogP contribution is 2.51. The fraction of sp³-hybridized carbons (Fsp3) is 0.0714. The van der Waals surface area contributed by atoms with Crippen molar-refractivity contribution in [1.82, 2.24) is 9.55 Å². The lowest BCUT2D eigenvalue weighted by Gasteiger charge is -2.37. The van der Waals surface area contributed by atoms with Gasteiger partial charge in [-0.1, -0.05) is 123 Å². The second kappa shape index (κ2) is 9.26. The molecule has 1 aliphatic rings. The van der Waals surface area contributed by atoms with Gasteiger partial charge < -0.3 is 4.57 Å². The van der Waals surface area contributed by atoms with Crippen molar-refractivity contribution in [3.8, 4) is 39.2 Å². The van der Waals surface area contributed by atoms with Crippen molar-refractivity contribution in [3.05, 3.63) is 157 Å². The number of aromatic nitrogens is 2. The zero-order valence-electron chi connectivity index (χ0n) is 24.8. The fourth-order valence-electron chi connectivity index (χ4n) is 7.54. The van der Waals surface area contributed by atoms with Gasteiger partial charge in [0.2, 0.25) is 0 Å². The first-order valence-corrected chi connectivity index (χ1v) is 15.3. The number of hydrogen-bond acceptors (Lipinski definition) is 1. The highest BCUT2D eigenvalue weighted by atomic mass is 15.0. The summed E-state index contributed by atoms with van der Waals surface area (Å²) in [5, 5.41) is 4.99. The number of fused-ring (bicyclic) bond motifs is 6. The standard InChI is InChI=1S/C42H30N2/c1-42(2)36-26-30(29-14-10-15-31(25-29)40-33-16-7-6-13-28(33)23-24-43-40)19-22-38(36)44-37-18-9-8-17-34(37)35-21-20-32(39(42)41(35)44)27-11-4-3-5-12-27/h3-26H,1-2H3. The minimum absolute atomic E-state index is 0.227. The van der Waals surface area contributed by atoms with Crippen molar-refractivity contribution in [2.75, 3.05) is 0 Å². The van der Waals surface area contributed by atoms with Crippen LogP contribution in [0.4, 0.5) is 0 Å². The van der Waals surface area contributed by atoms with E-state index in [0.717, 1.165) is 11.3 Å². The van der Waals surface area contributed by atoms with E-state index >= 15 is 0 Å². The topological polar surface area (TPSA) is 17.8 Å². The fourth-order valence-corrected chi connectivity index (χ4v) is 7.54. The summed E-state index contributed by atoms with van der Waals surface area (Å²) in [6.07, 6.45) is 1.91. The molecular formula is C42H30N2. The van der Waals surface area contributed by atoms with Crippen LogP contribution in [0.3, 0.4) is 0 Å². The van der Waals surface area contributed by atoms with Gasteiger partial charge in [0.25, 0.3) is 0 Å². The molecule has 208 valence electrons. The van der Waals surface area contributed by atoms with Crippen molar-refractivity contribution >= 4 is 32.6 Å². The van der Waals surface area contributed by atoms with E-state index in [1.165, 1.54) is 71.6 Å². The summed E-state index contributed by atoms with van der Waals surface area (Å²) in [5.74, 6) is 0. The number of rotatable bonds is 3. The van der Waals surface area contributed by atoms with Crippen LogP contribution in [0.15, 0.2) is 146 Å². The predicted molar refractivity (Wildman–Crippen MR) is 185 cm³/mol. The van der Waals surface area contributed by atoms with Crippen LogP contribution in [0.5, 0.6) is 0 Å². The van der Waals surface area contributed by atoms with Crippen LogP contribution in [0.1, 0.15) is 25.0 Å². The summed E-state index contributed by atoms with van der Waals surface area (Å²) in [7, 11) is 0. The zero-order valence-corrected chi connectivity index (χ0v) is 24.8. The SMILES string of the molecule is CC1(C)c2cc(-c3cccc(-c4nccc5ccccc45)c3)ccc2-n2c3ccccc3c3ccc(-c4ccccc4)c1c32. The van der Waals surface area contributed by atoms with Gasteiger partial charge in [0.15, 0.2) is 0 Å². The molecule has 0 fully saturated rings. The molecule has 0 bridgehead atoms. The second-order valence-electron chi connectivity index (χ2n) is 12.4. The molecule has 2 aromatic heterocycles. The number of hydrogen-bond donors (Lipinski definition) is 0. The Morgan fingerprint density at radius 3 is 2.16 bits per heavy atom. The Morgan fingerprint density at radius 2 is 1.27 bits per heavy atom. The molecule has 0 spiro atoms. The lowest BCUT2D eigenvalue weighted by atomic mass is 9.71. The van der Waals surface area contributed by atoms with E-state index in [9.17, 15) is 0 Å². The van der Waals surface area contributed by atoms with E-state index in [1.807, 2.05) is 6.20 Å². The number of pyridine rings is 1. The third-order valence-corrected chi connectivity index (χ3v) is 9.60. The molecule has 0 radical (unpaired) electrons. The average Bonchev–Trinajstić information content (AvgIpc) is 3.42. The normalized spacial score (nSPS) is 13.4. The minimum atomic E-state index is -0.227. The van der Waals surface area contributed by atoms with Crippen LogP contribution in [0.2, 0.25) is 0 Å². The second-order valence-corrected chi connectivity index (χ2v) is 12.4. The van der Waals surface area contributed by atoms with Crippen LogP contribution in [-0.2, 0) is 5.41 Å². The van der Waals surface area contributed by atoms with E-state index in [4.69, 9.17) is 4.98 Å². The molecule has 2 nitrogen and oxygen atoms in total. The third-order valence-electron chi connectivity index (χ3n) is 9.60. The first-order chi connectivity index (χ1) is 21.6. The van der Waals surface area contributed by atoms with Gasteiger partial charge in [0, 0.05) is 33.3 Å². The maximum absolute atomic E-state index is 4.81. The molecule has 0 atom stereocenters. The average molecular weight is 563 g/mol. The highest BCUT2D eigenvalue weighted by molar-refractivity contribution is 6.13. The van der Waals surface area contributed by atoms with E-state index in [2.05, 4.69) is 158 Å². The number of benzene rings is 6. The van der Waals surface area contributed by atoms with Crippen LogP contribution >= 0.6 is 0 Å². The molecule has 9 rings (SSSR count). The molecule has 8 aromatic rings. The lowest BCUT2D eigenvalue weighted by molar-refractivity contribution is 0.632. The van der Waals surface area contributed by atoms with Crippen LogP contribution in [0.25, 0.3) is 71.8 Å². The van der Waals surface area contributed by atoms with Crippen LogP contribution in [-0.4, -0.2) is 9.55 Å². The molecule has 0 saturated carbocycles. The molecule has 3 heterocycles. The Labute approximate surface area is 256 Å². The molecule has 0 unspecified atom stereocenters. The van der Waals surface area contributed by atoms with Gasteiger partial charge in [-0.2, -0.15) is 0 Å². The Morgan fingerprint density at radius 1 is 0.545 bits per heavy atom. The Bertz CT molecular complexity index is 2400. The summed E-state index contributed by atoms with van der Waals surface area (Å²) in [4.78, 5) is 4.81. The summed E-state index contributed by atoms with van der Waals surface area (Å²) < 4.78 is 2.51. The molecule has 6 aromatic carbocycles. The van der Waals surface area contributed by atoms with Crippen molar-refractivity contribution in [2.24, 2.45) is 0 Å². The Balaban J connectivity index is 1.29. The van der Waals surface area contributed by atoms with Crippen molar-refractivity contribution in [2.45, 2.75) is 19.3 Å². The van der Waals surface area contributed by atoms with Gasteiger partial charge in [-0.25, -0.2) is 0 Å². The van der Waals surface area contributed by atoms with Gasteiger partial charge in [0.1, 0.15) is 0 Å². The first kappa shape index (κ1) is 25.1. The lowest BCUT2D eigenvalue weighted by Crippen LogP contribution is -2.27. The molecule has 2 heteroatoms. The number of nitrogens with zero attached hydrogens (tertiary/aromatic N) is 2. The Hall–Kier alpha value is -5.47. The van der Waals surface area contributed by atoms with E-state index in [0.29, 0.717) is 0 Å². The van der Waals surface area contributed by atoms with Gasteiger partial charge >= 0.3 is 0 Å². The van der Waals surface area contributed by atoms with E-state index in [-0.39, 0.29) is 5.41 Å². The van der Waals surface area contributed by atoms with Crippen molar-refractivity contribution < 1.29 is 0 Å². The number of para-hydroxylation sites is 1. The van der Waals surface area contributed by atoms with Crippen LogP contribution < -0.4 is 0 Å². The maximum Gasteiger partial charge on any atom is 0.0780 e. The van der Waals surface area contributed by atoms with Crippen LogP contribution in [0, 0.1) is 0 Å². The molecule has 0 amide bonds. The summed E-state index contributed by atoms with van der Waals surface area (Å²) in [6.45, 7) is 4.79. The molecule has 1 aliphatic heterocycles. The van der Waals surface area contributed by atoms with Gasteiger partial charge in [-0.05, 0) is 69.1 Å². The largest absolute Gasteiger partial charge is 0.309 e. The maximum atomic E-state index is 4.81. The van der Waals surface area contributed by atoms with Gasteiger partial charge in [0.05, 0.1) is 22.4 Å². The highest BCUT2D eigenvalue weighted by Gasteiger charge is 2.37. The van der Waals surface area contributed by atoms with Gasteiger partial charge in [-0.15, -0.1) is 0 Å². The zero-order chi connectivity index (χ0) is 29.4. The van der Waals surface area contributed by atoms with Crippen molar-refractivity contribution in [3.63, 3.8) is 0 Å². The summed E-state index contributed by atoms with van der Waals surface area (Å²) in [5.41, 5.74) is 13.4. The predicted octanol–water partition coefficient (Wildman–Crippen LogP) is 11.0. The Kier molecular flexibility index (Phi) is 5.28. The molecule has 0 aliphatic carbocycles. The summed E-state index contributed by atoms with van der Waals surface area (Å²) >= 11 is 0. The van der Waals surface area contributed by atoms with Crippen molar-refractivity contribution in [1.29, 1.82) is 0 Å². The minimum Gasteiger partial charge on any atom is -0.309 e. The monoisotopic (exact) mass is 562 g/mol. The third kappa shape index (κ3) is 3.52. The van der Waals surface area contributed by atoms with E-state index < -0.39 is 0 Å². The molecule has 0 N–H and O–H groups in total. The van der Waals surface area contributed by atoms with Gasteiger partial charge in [-0.3, -0.25) is 4.98 Å². The smallest absolute Gasteiger partial charge is 0.0780 e.